The molecule has 0 saturated heterocycles. The third-order valence-electron chi connectivity index (χ3n) is 2.89. The minimum absolute atomic E-state index is 0.0668. The van der Waals surface area contributed by atoms with Crippen molar-refractivity contribution >= 4 is 17.5 Å². The van der Waals surface area contributed by atoms with Crippen LogP contribution in [0, 0.1) is 0 Å². The van der Waals surface area contributed by atoms with Gasteiger partial charge < -0.3 is 15.3 Å². The molecule has 0 saturated carbocycles. The van der Waals surface area contributed by atoms with Crippen LogP contribution in [0.15, 0.2) is 24.3 Å². The van der Waals surface area contributed by atoms with Crippen LogP contribution < -0.4 is 5.32 Å². The molecular formula is C15H22N2O3. The zero-order valence-corrected chi connectivity index (χ0v) is 12.2. The van der Waals surface area contributed by atoms with Gasteiger partial charge in [-0.05, 0) is 44.5 Å². The Morgan fingerprint density at radius 2 is 1.85 bits per heavy atom. The van der Waals surface area contributed by atoms with E-state index in [1.165, 1.54) is 6.92 Å². The van der Waals surface area contributed by atoms with E-state index in [1.54, 1.807) is 29.2 Å². The van der Waals surface area contributed by atoms with Crippen molar-refractivity contribution < 1.29 is 14.7 Å². The molecule has 0 unspecified atom stereocenters. The largest absolute Gasteiger partial charge is 0.396 e. The molecule has 1 aromatic carbocycles. The van der Waals surface area contributed by atoms with Gasteiger partial charge in [0.25, 0.3) is 5.91 Å². The van der Waals surface area contributed by atoms with Gasteiger partial charge in [0, 0.05) is 37.4 Å². The summed E-state index contributed by atoms with van der Waals surface area (Å²) in [5.41, 5.74) is 1.24. The average Bonchev–Trinajstić information content (AvgIpc) is 2.38. The predicted molar refractivity (Wildman–Crippen MR) is 78.6 cm³/mol. The SMILES string of the molecule is CC(=O)Nc1ccc(C(=O)N(CCCO)C(C)C)cc1. The fourth-order valence-electron chi connectivity index (χ4n) is 1.90. The Hall–Kier alpha value is -1.88. The van der Waals surface area contributed by atoms with Crippen molar-refractivity contribution in [2.75, 3.05) is 18.5 Å². The Morgan fingerprint density at radius 1 is 1.25 bits per heavy atom. The summed E-state index contributed by atoms with van der Waals surface area (Å²) in [6, 6.07) is 6.88. The lowest BCUT2D eigenvalue weighted by molar-refractivity contribution is -0.114. The van der Waals surface area contributed by atoms with Crippen molar-refractivity contribution in [3.8, 4) is 0 Å². The lowest BCUT2D eigenvalue weighted by atomic mass is 10.1. The second-order valence-electron chi connectivity index (χ2n) is 4.93. The van der Waals surface area contributed by atoms with E-state index in [-0.39, 0.29) is 24.5 Å². The van der Waals surface area contributed by atoms with Crippen molar-refractivity contribution in [1.82, 2.24) is 4.90 Å². The van der Waals surface area contributed by atoms with Crippen LogP contribution in [0.1, 0.15) is 37.6 Å². The van der Waals surface area contributed by atoms with E-state index in [0.29, 0.717) is 24.2 Å². The van der Waals surface area contributed by atoms with Gasteiger partial charge in [-0.25, -0.2) is 0 Å². The average molecular weight is 278 g/mol. The molecule has 2 N–H and O–H groups in total. The number of carbonyl (C=O) groups is 2. The summed E-state index contributed by atoms with van der Waals surface area (Å²) >= 11 is 0. The molecule has 1 rings (SSSR count). The van der Waals surface area contributed by atoms with E-state index in [4.69, 9.17) is 5.11 Å². The molecule has 0 spiro atoms. The molecule has 0 aliphatic heterocycles. The number of benzene rings is 1. The summed E-state index contributed by atoms with van der Waals surface area (Å²) in [4.78, 5) is 25.0. The number of hydrogen-bond acceptors (Lipinski definition) is 3. The third-order valence-corrected chi connectivity index (χ3v) is 2.89. The van der Waals surface area contributed by atoms with Crippen molar-refractivity contribution in [3.63, 3.8) is 0 Å². The predicted octanol–water partition coefficient (Wildman–Crippen LogP) is 1.88. The second-order valence-corrected chi connectivity index (χ2v) is 4.93. The topological polar surface area (TPSA) is 69.6 Å². The first-order chi connectivity index (χ1) is 9.45. The molecule has 110 valence electrons. The summed E-state index contributed by atoms with van der Waals surface area (Å²) in [6.07, 6.45) is 0.563. The summed E-state index contributed by atoms with van der Waals surface area (Å²) in [7, 11) is 0. The Kier molecular flexibility index (Phi) is 6.18. The number of aliphatic hydroxyl groups excluding tert-OH is 1. The molecule has 0 bridgehead atoms. The van der Waals surface area contributed by atoms with Crippen LogP contribution >= 0.6 is 0 Å². The number of nitrogens with one attached hydrogen (secondary N) is 1. The molecule has 0 aliphatic carbocycles. The Labute approximate surface area is 119 Å². The molecule has 0 aromatic heterocycles. The van der Waals surface area contributed by atoms with E-state index in [2.05, 4.69) is 5.32 Å². The first-order valence-electron chi connectivity index (χ1n) is 6.75. The molecule has 0 aliphatic rings. The zero-order chi connectivity index (χ0) is 15.1. The van der Waals surface area contributed by atoms with Gasteiger partial charge in [-0.3, -0.25) is 9.59 Å². The van der Waals surface area contributed by atoms with Crippen LogP contribution in [0.4, 0.5) is 5.69 Å². The van der Waals surface area contributed by atoms with E-state index >= 15 is 0 Å². The minimum Gasteiger partial charge on any atom is -0.396 e. The number of aliphatic hydroxyl groups is 1. The lowest BCUT2D eigenvalue weighted by Gasteiger charge is -2.26. The van der Waals surface area contributed by atoms with Gasteiger partial charge in [-0.1, -0.05) is 0 Å². The molecule has 5 heteroatoms. The molecular weight excluding hydrogens is 256 g/mol. The van der Waals surface area contributed by atoms with Crippen LogP contribution in [0.2, 0.25) is 0 Å². The maximum Gasteiger partial charge on any atom is 0.254 e. The number of hydrogen-bond donors (Lipinski definition) is 2. The molecule has 2 amide bonds. The molecule has 0 fully saturated rings. The zero-order valence-electron chi connectivity index (χ0n) is 12.2. The Bertz CT molecular complexity index is 455. The van der Waals surface area contributed by atoms with Gasteiger partial charge in [0.2, 0.25) is 5.91 Å². The van der Waals surface area contributed by atoms with E-state index in [1.807, 2.05) is 13.8 Å². The summed E-state index contributed by atoms with van der Waals surface area (Å²) in [6.45, 7) is 5.93. The smallest absolute Gasteiger partial charge is 0.254 e. The quantitative estimate of drug-likeness (QED) is 0.834. The lowest BCUT2D eigenvalue weighted by Crippen LogP contribution is -2.38. The Balaban J connectivity index is 2.81. The van der Waals surface area contributed by atoms with Crippen LogP contribution in [0.25, 0.3) is 0 Å². The van der Waals surface area contributed by atoms with Gasteiger partial charge in [0.1, 0.15) is 0 Å². The molecule has 5 nitrogen and oxygen atoms in total. The number of amides is 2. The van der Waals surface area contributed by atoms with Crippen LogP contribution in [0.5, 0.6) is 0 Å². The third kappa shape index (κ3) is 4.66. The number of anilines is 1. The van der Waals surface area contributed by atoms with E-state index in [0.717, 1.165) is 0 Å². The number of carbonyl (C=O) groups excluding carboxylic acids is 2. The maximum absolute atomic E-state index is 12.4. The highest BCUT2D eigenvalue weighted by atomic mass is 16.3. The molecule has 20 heavy (non-hydrogen) atoms. The van der Waals surface area contributed by atoms with Gasteiger partial charge in [0.05, 0.1) is 0 Å². The van der Waals surface area contributed by atoms with E-state index < -0.39 is 0 Å². The van der Waals surface area contributed by atoms with Crippen LogP contribution in [0.3, 0.4) is 0 Å². The van der Waals surface area contributed by atoms with Crippen LogP contribution in [-0.4, -0.2) is 41.0 Å². The summed E-state index contributed by atoms with van der Waals surface area (Å²) in [5.74, 6) is -0.210. The molecule has 0 radical (unpaired) electrons. The molecule has 0 atom stereocenters. The molecule has 1 aromatic rings. The van der Waals surface area contributed by atoms with Crippen molar-refractivity contribution in [1.29, 1.82) is 0 Å². The summed E-state index contributed by atoms with van der Waals surface area (Å²) < 4.78 is 0. The normalized spacial score (nSPS) is 10.4. The standard InChI is InChI=1S/C15H22N2O3/c1-11(2)17(9-4-10-18)15(20)13-5-7-14(8-6-13)16-12(3)19/h5-8,11,18H,4,9-10H2,1-3H3,(H,16,19). The fourth-order valence-corrected chi connectivity index (χ4v) is 1.90. The van der Waals surface area contributed by atoms with Gasteiger partial charge >= 0.3 is 0 Å². The van der Waals surface area contributed by atoms with Crippen molar-refractivity contribution in [2.24, 2.45) is 0 Å². The van der Waals surface area contributed by atoms with Gasteiger partial charge in [-0.2, -0.15) is 0 Å². The first-order valence-corrected chi connectivity index (χ1v) is 6.75. The van der Waals surface area contributed by atoms with E-state index in [9.17, 15) is 9.59 Å². The highest BCUT2D eigenvalue weighted by Gasteiger charge is 2.18. The number of rotatable bonds is 6. The van der Waals surface area contributed by atoms with Crippen molar-refractivity contribution in [2.45, 2.75) is 33.2 Å². The van der Waals surface area contributed by atoms with Crippen molar-refractivity contribution in [3.05, 3.63) is 29.8 Å². The highest BCUT2D eigenvalue weighted by molar-refractivity contribution is 5.95. The van der Waals surface area contributed by atoms with Gasteiger partial charge in [0.15, 0.2) is 0 Å². The fraction of sp³-hybridized carbons (Fsp3) is 0.467. The highest BCUT2D eigenvalue weighted by Crippen LogP contribution is 2.13. The minimum atomic E-state index is -0.143. The maximum atomic E-state index is 12.4. The van der Waals surface area contributed by atoms with Crippen LogP contribution in [-0.2, 0) is 4.79 Å². The first kappa shape index (κ1) is 16.2. The monoisotopic (exact) mass is 278 g/mol. The number of nitrogens with zero attached hydrogens (tertiary/aromatic N) is 1. The Morgan fingerprint density at radius 3 is 2.30 bits per heavy atom. The summed E-state index contributed by atoms with van der Waals surface area (Å²) in [5, 5.41) is 11.6. The molecule has 0 heterocycles. The van der Waals surface area contributed by atoms with Gasteiger partial charge in [-0.15, -0.1) is 0 Å². The second kappa shape index (κ2) is 7.65.